The van der Waals surface area contributed by atoms with Crippen LogP contribution in [0, 0.1) is 0 Å². The summed E-state index contributed by atoms with van der Waals surface area (Å²) in [4.78, 5) is 0. The number of allylic oxidation sites excluding steroid dienone is 2. The molecule has 40 valence electrons. The second kappa shape index (κ2) is 1.73. The molecule has 0 unspecified atom stereocenters. The molecular weight excluding hydrogens is 100 g/mol. The Hall–Kier alpha value is -1.20. The molecular formula is C7H5O-. The molecule has 0 fully saturated rings. The van der Waals surface area contributed by atoms with E-state index in [9.17, 15) is 5.11 Å². The zero-order valence-corrected chi connectivity index (χ0v) is 4.35. The summed E-state index contributed by atoms with van der Waals surface area (Å²) in [6.45, 7) is 3.48. The summed E-state index contributed by atoms with van der Waals surface area (Å²) in [5.74, 6) is -0.0243. The molecule has 0 aromatic heterocycles. The molecule has 0 saturated heterocycles. The minimum atomic E-state index is -0.0243. The fourth-order valence-corrected chi connectivity index (χ4v) is 0.451. The quantitative estimate of drug-likeness (QED) is 0.412. The van der Waals surface area contributed by atoms with Crippen LogP contribution in [0.3, 0.4) is 0 Å². The average Bonchev–Trinajstić information content (AvgIpc) is 1.77. The molecule has 0 aromatic carbocycles. The van der Waals surface area contributed by atoms with E-state index in [1.54, 1.807) is 12.2 Å². The Balaban J connectivity index is 3.03. The van der Waals surface area contributed by atoms with Gasteiger partial charge in [-0.05, 0) is 17.7 Å². The first-order chi connectivity index (χ1) is 3.80. The maximum atomic E-state index is 10.5. The van der Waals surface area contributed by atoms with Crippen LogP contribution in [0.5, 0.6) is 0 Å². The predicted octanol–water partition coefficient (Wildman–Crippen LogP) is 0.512. The lowest BCUT2D eigenvalue weighted by atomic mass is 10.2. The average molecular weight is 105 g/mol. The Kier molecular flexibility index (Phi) is 1.07. The van der Waals surface area contributed by atoms with Crippen molar-refractivity contribution in [2.45, 2.75) is 0 Å². The lowest BCUT2D eigenvalue weighted by molar-refractivity contribution is -0.296. The molecule has 1 heteroatoms. The second-order valence-corrected chi connectivity index (χ2v) is 1.53. The molecule has 0 aromatic rings. The minimum Gasteiger partial charge on any atom is -0.872 e. The molecule has 0 saturated carbocycles. The van der Waals surface area contributed by atoms with Crippen molar-refractivity contribution in [2.24, 2.45) is 0 Å². The van der Waals surface area contributed by atoms with Gasteiger partial charge in [0, 0.05) is 0 Å². The van der Waals surface area contributed by atoms with Crippen LogP contribution in [0.15, 0.2) is 41.9 Å². The molecule has 0 heterocycles. The highest BCUT2D eigenvalue weighted by molar-refractivity contribution is 5.36. The largest absolute Gasteiger partial charge is 0.872 e. The van der Waals surface area contributed by atoms with Gasteiger partial charge in [-0.1, -0.05) is 12.7 Å². The van der Waals surface area contributed by atoms with Gasteiger partial charge >= 0.3 is 0 Å². The summed E-state index contributed by atoms with van der Waals surface area (Å²) in [6, 6.07) is 0. The van der Waals surface area contributed by atoms with Gasteiger partial charge < -0.3 is 5.11 Å². The zero-order chi connectivity index (χ0) is 5.98. The lowest BCUT2D eigenvalue weighted by Gasteiger charge is -2.10. The van der Waals surface area contributed by atoms with Gasteiger partial charge in [0.1, 0.15) is 0 Å². The Morgan fingerprint density at radius 2 is 2.38 bits per heavy atom. The summed E-state index contributed by atoms with van der Waals surface area (Å²) in [5, 5.41) is 10.5. The molecule has 0 spiro atoms. The minimum absolute atomic E-state index is 0.0243. The van der Waals surface area contributed by atoms with Gasteiger partial charge in [-0.3, -0.25) is 0 Å². The summed E-state index contributed by atoms with van der Waals surface area (Å²) in [7, 11) is 0. The fraction of sp³-hybridized carbons (Fsp3) is 0. The Labute approximate surface area is 48.0 Å². The van der Waals surface area contributed by atoms with E-state index in [0.717, 1.165) is 0 Å². The fourth-order valence-electron chi connectivity index (χ4n) is 0.451. The van der Waals surface area contributed by atoms with Crippen LogP contribution >= 0.6 is 0 Å². The van der Waals surface area contributed by atoms with Gasteiger partial charge in [0.25, 0.3) is 0 Å². The van der Waals surface area contributed by atoms with E-state index in [4.69, 9.17) is 0 Å². The second-order valence-electron chi connectivity index (χ2n) is 1.53. The highest BCUT2D eigenvalue weighted by atomic mass is 16.3. The summed E-state index contributed by atoms with van der Waals surface area (Å²) in [5.41, 5.74) is 3.25. The molecule has 0 aliphatic heterocycles. The van der Waals surface area contributed by atoms with Gasteiger partial charge in [-0.25, -0.2) is 0 Å². The van der Waals surface area contributed by atoms with Gasteiger partial charge in [-0.15, -0.1) is 11.5 Å². The normalized spacial score (nSPS) is 16.5. The van der Waals surface area contributed by atoms with Crippen LogP contribution in [0.4, 0.5) is 0 Å². The number of rotatable bonds is 0. The first kappa shape index (κ1) is 4.95. The monoisotopic (exact) mass is 105 g/mol. The highest BCUT2D eigenvalue weighted by Crippen LogP contribution is 2.04. The van der Waals surface area contributed by atoms with Crippen LogP contribution in [0.1, 0.15) is 0 Å². The molecule has 0 radical (unpaired) electrons. The van der Waals surface area contributed by atoms with Crippen molar-refractivity contribution in [3.63, 3.8) is 0 Å². The standard InChI is InChI=1S/C7H6O/c1-6-4-2-3-5-7(6)8/h3-5,8H,1H2/p-1. The van der Waals surface area contributed by atoms with Crippen LogP contribution in [0.25, 0.3) is 0 Å². The van der Waals surface area contributed by atoms with Gasteiger partial charge in [0.15, 0.2) is 0 Å². The molecule has 1 rings (SSSR count). The lowest BCUT2D eigenvalue weighted by Crippen LogP contribution is -2.04. The van der Waals surface area contributed by atoms with Crippen molar-refractivity contribution in [3.8, 4) is 0 Å². The van der Waals surface area contributed by atoms with Crippen LogP contribution < -0.4 is 5.11 Å². The van der Waals surface area contributed by atoms with E-state index in [1.165, 1.54) is 6.08 Å². The van der Waals surface area contributed by atoms with Gasteiger partial charge in [0.2, 0.25) is 0 Å². The first-order valence-corrected chi connectivity index (χ1v) is 2.30. The van der Waals surface area contributed by atoms with Crippen molar-refractivity contribution < 1.29 is 5.11 Å². The molecule has 0 amide bonds. The van der Waals surface area contributed by atoms with E-state index in [0.29, 0.717) is 5.57 Å². The zero-order valence-electron chi connectivity index (χ0n) is 4.35. The van der Waals surface area contributed by atoms with Crippen LogP contribution in [-0.4, -0.2) is 0 Å². The van der Waals surface area contributed by atoms with Crippen molar-refractivity contribution >= 4 is 0 Å². The van der Waals surface area contributed by atoms with E-state index >= 15 is 0 Å². The van der Waals surface area contributed by atoms with Crippen molar-refractivity contribution in [3.05, 3.63) is 41.9 Å². The maximum absolute atomic E-state index is 10.5. The van der Waals surface area contributed by atoms with Crippen LogP contribution in [-0.2, 0) is 0 Å². The third-order valence-electron chi connectivity index (χ3n) is 0.905. The van der Waals surface area contributed by atoms with Crippen molar-refractivity contribution in [1.29, 1.82) is 0 Å². The van der Waals surface area contributed by atoms with E-state index in [2.05, 4.69) is 12.3 Å². The van der Waals surface area contributed by atoms with Crippen molar-refractivity contribution in [2.75, 3.05) is 0 Å². The van der Waals surface area contributed by atoms with Crippen molar-refractivity contribution in [1.82, 2.24) is 0 Å². The third kappa shape index (κ3) is 0.722. The molecule has 0 bridgehead atoms. The van der Waals surface area contributed by atoms with Gasteiger partial charge in [0.05, 0.1) is 0 Å². The number of hydrogen-bond acceptors (Lipinski definition) is 1. The van der Waals surface area contributed by atoms with E-state index < -0.39 is 0 Å². The SMILES string of the molecule is C=C1C=C=CC=C1[O-]. The molecule has 1 nitrogen and oxygen atoms in total. The van der Waals surface area contributed by atoms with E-state index in [-0.39, 0.29) is 5.76 Å². The highest BCUT2D eigenvalue weighted by Gasteiger charge is 1.84. The summed E-state index contributed by atoms with van der Waals surface area (Å²) >= 11 is 0. The number of hydrogen-bond donors (Lipinski definition) is 0. The Morgan fingerprint density at radius 3 is 2.75 bits per heavy atom. The van der Waals surface area contributed by atoms with Gasteiger partial charge in [-0.2, -0.15) is 0 Å². The van der Waals surface area contributed by atoms with E-state index in [1.807, 2.05) is 0 Å². The smallest absolute Gasteiger partial charge is 0.0139 e. The molecule has 1 aliphatic carbocycles. The molecule has 0 N–H and O–H groups in total. The molecule has 0 atom stereocenters. The summed E-state index contributed by atoms with van der Waals surface area (Å²) in [6.07, 6.45) is 4.60. The first-order valence-electron chi connectivity index (χ1n) is 2.30. The Bertz CT molecular complexity index is 202. The molecule has 1 aliphatic rings. The predicted molar refractivity (Wildman–Crippen MR) is 29.9 cm³/mol. The Morgan fingerprint density at radius 1 is 1.62 bits per heavy atom. The third-order valence-corrected chi connectivity index (χ3v) is 0.905. The van der Waals surface area contributed by atoms with Crippen LogP contribution in [0.2, 0.25) is 0 Å². The summed E-state index contributed by atoms with van der Waals surface area (Å²) < 4.78 is 0. The molecule has 8 heavy (non-hydrogen) atoms. The maximum Gasteiger partial charge on any atom is -0.0139 e. The topological polar surface area (TPSA) is 23.1 Å².